The lowest BCUT2D eigenvalue weighted by Gasteiger charge is -2.11. The minimum absolute atomic E-state index is 0.651. The Labute approximate surface area is 99.1 Å². The lowest BCUT2D eigenvalue weighted by molar-refractivity contribution is 1.26. The summed E-state index contributed by atoms with van der Waals surface area (Å²) in [5.74, 6) is 0. The van der Waals surface area contributed by atoms with E-state index in [2.05, 4.69) is 60.7 Å². The molecule has 0 spiro atoms. The molecule has 0 fully saturated rings. The Kier molecular flexibility index (Phi) is 2.26. The third kappa shape index (κ3) is 1.44. The molecule has 78 valence electrons. The van der Waals surface area contributed by atoms with Gasteiger partial charge in [0.2, 0.25) is 0 Å². The Morgan fingerprint density at radius 2 is 1.50 bits per heavy atom. The van der Waals surface area contributed by atoms with Gasteiger partial charge in [-0.25, -0.2) is 0 Å². The highest BCUT2D eigenvalue weighted by atomic mass is 28.1. The molecule has 1 aliphatic rings. The van der Waals surface area contributed by atoms with E-state index >= 15 is 0 Å². The Bertz CT molecular complexity index is 540. The van der Waals surface area contributed by atoms with Gasteiger partial charge in [-0.2, -0.15) is 0 Å². The third-order valence-corrected chi connectivity index (χ3v) is 4.59. The first kappa shape index (κ1) is 9.61. The minimum atomic E-state index is 0.651. The summed E-state index contributed by atoms with van der Waals surface area (Å²) in [4.78, 5) is 0. The van der Waals surface area contributed by atoms with Crippen molar-refractivity contribution in [3.63, 3.8) is 0 Å². The standard InChI is InChI=1S/C15H14Si/c16-15-13-9-5-4-8-12(13)10-14(15)11-6-2-1-3-7-11/h1-10,15H,16H3. The molecule has 0 bridgehead atoms. The smallest absolute Gasteiger partial charge is 0.0179 e. The minimum Gasteiger partial charge on any atom is -0.0622 e. The quantitative estimate of drug-likeness (QED) is 0.651. The monoisotopic (exact) mass is 222 g/mol. The summed E-state index contributed by atoms with van der Waals surface area (Å²) < 4.78 is 0. The largest absolute Gasteiger partial charge is 0.0622 e. The molecule has 1 aliphatic carbocycles. The Balaban J connectivity index is 2.09. The molecule has 2 aromatic carbocycles. The summed E-state index contributed by atoms with van der Waals surface area (Å²) in [6.07, 6.45) is 2.35. The third-order valence-electron chi connectivity index (χ3n) is 3.35. The van der Waals surface area contributed by atoms with Gasteiger partial charge in [-0.15, -0.1) is 0 Å². The molecule has 0 amide bonds. The second-order valence-electron chi connectivity index (χ2n) is 4.32. The summed E-state index contributed by atoms with van der Waals surface area (Å²) in [7, 11) is 1.18. The maximum absolute atomic E-state index is 2.35. The highest BCUT2D eigenvalue weighted by Gasteiger charge is 2.21. The van der Waals surface area contributed by atoms with E-state index in [0.29, 0.717) is 5.54 Å². The van der Waals surface area contributed by atoms with Crippen LogP contribution in [0.3, 0.4) is 0 Å². The number of rotatable bonds is 1. The number of allylic oxidation sites excluding steroid dienone is 1. The van der Waals surface area contributed by atoms with Gasteiger partial charge in [-0.1, -0.05) is 60.7 Å². The fourth-order valence-corrected chi connectivity index (χ4v) is 3.49. The number of benzene rings is 2. The first-order valence-electron chi connectivity index (χ1n) is 5.72. The zero-order chi connectivity index (χ0) is 11.0. The van der Waals surface area contributed by atoms with Gasteiger partial charge in [-0.3, -0.25) is 0 Å². The highest BCUT2D eigenvalue weighted by molar-refractivity contribution is 6.23. The molecular weight excluding hydrogens is 208 g/mol. The van der Waals surface area contributed by atoms with Gasteiger partial charge < -0.3 is 0 Å². The van der Waals surface area contributed by atoms with E-state index in [-0.39, 0.29) is 0 Å². The predicted octanol–water partition coefficient (Wildman–Crippen LogP) is 2.65. The van der Waals surface area contributed by atoms with Gasteiger partial charge in [0.15, 0.2) is 0 Å². The van der Waals surface area contributed by atoms with E-state index in [1.54, 1.807) is 0 Å². The normalized spacial score (nSPS) is 18.2. The summed E-state index contributed by atoms with van der Waals surface area (Å²) in [6.45, 7) is 0. The molecule has 0 N–H and O–H groups in total. The van der Waals surface area contributed by atoms with Crippen molar-refractivity contribution in [3.05, 3.63) is 71.3 Å². The fourth-order valence-electron chi connectivity index (χ4n) is 2.46. The molecule has 1 heteroatoms. The van der Waals surface area contributed by atoms with Crippen molar-refractivity contribution in [1.82, 2.24) is 0 Å². The molecule has 0 saturated carbocycles. The second-order valence-corrected chi connectivity index (χ2v) is 5.47. The molecule has 2 aromatic rings. The Hall–Kier alpha value is -1.60. The summed E-state index contributed by atoms with van der Waals surface area (Å²) in [6, 6.07) is 19.5. The van der Waals surface area contributed by atoms with Gasteiger partial charge in [0.25, 0.3) is 0 Å². The van der Waals surface area contributed by atoms with Crippen LogP contribution in [0.4, 0.5) is 0 Å². The van der Waals surface area contributed by atoms with Crippen LogP contribution in [0.5, 0.6) is 0 Å². The molecule has 0 radical (unpaired) electrons. The van der Waals surface area contributed by atoms with Crippen LogP contribution in [0.1, 0.15) is 22.2 Å². The molecule has 0 aromatic heterocycles. The Morgan fingerprint density at radius 3 is 2.25 bits per heavy atom. The van der Waals surface area contributed by atoms with Crippen LogP contribution in [0.25, 0.3) is 11.6 Å². The molecule has 0 aliphatic heterocycles. The van der Waals surface area contributed by atoms with E-state index in [0.717, 1.165) is 0 Å². The molecule has 0 heterocycles. The maximum atomic E-state index is 2.35. The highest BCUT2D eigenvalue weighted by Crippen LogP contribution is 2.39. The number of hydrogen-bond acceptors (Lipinski definition) is 0. The molecule has 0 saturated heterocycles. The molecule has 1 unspecified atom stereocenters. The van der Waals surface area contributed by atoms with Crippen molar-refractivity contribution < 1.29 is 0 Å². The van der Waals surface area contributed by atoms with E-state index in [1.165, 1.54) is 32.5 Å². The average Bonchev–Trinajstić information content (AvgIpc) is 2.69. The van der Waals surface area contributed by atoms with E-state index < -0.39 is 0 Å². The van der Waals surface area contributed by atoms with E-state index in [4.69, 9.17) is 0 Å². The van der Waals surface area contributed by atoms with Gasteiger partial charge in [0.05, 0.1) is 0 Å². The summed E-state index contributed by atoms with van der Waals surface area (Å²) in [5, 5.41) is 0. The van der Waals surface area contributed by atoms with Crippen LogP contribution in [0.2, 0.25) is 0 Å². The van der Waals surface area contributed by atoms with Crippen LogP contribution in [-0.2, 0) is 0 Å². The van der Waals surface area contributed by atoms with Crippen LogP contribution in [0, 0.1) is 0 Å². The number of fused-ring (bicyclic) bond motifs is 1. The second kappa shape index (κ2) is 3.76. The van der Waals surface area contributed by atoms with E-state index in [1.807, 2.05) is 0 Å². The van der Waals surface area contributed by atoms with Crippen molar-refractivity contribution in [2.45, 2.75) is 5.54 Å². The SMILES string of the molecule is [SiH3]C1C(c2ccccc2)=Cc2ccccc21. The predicted molar refractivity (Wildman–Crippen MR) is 73.4 cm³/mol. The van der Waals surface area contributed by atoms with Crippen LogP contribution < -0.4 is 0 Å². The van der Waals surface area contributed by atoms with Gasteiger partial charge in [-0.05, 0) is 27.8 Å². The zero-order valence-corrected chi connectivity index (χ0v) is 11.4. The molecule has 0 nitrogen and oxygen atoms in total. The van der Waals surface area contributed by atoms with Gasteiger partial charge in [0, 0.05) is 10.2 Å². The van der Waals surface area contributed by atoms with Gasteiger partial charge in [0.1, 0.15) is 0 Å². The van der Waals surface area contributed by atoms with Crippen molar-refractivity contribution in [2.75, 3.05) is 0 Å². The molecule has 1 atom stereocenters. The average molecular weight is 222 g/mol. The van der Waals surface area contributed by atoms with E-state index in [9.17, 15) is 0 Å². The van der Waals surface area contributed by atoms with Crippen molar-refractivity contribution in [1.29, 1.82) is 0 Å². The van der Waals surface area contributed by atoms with Crippen molar-refractivity contribution >= 4 is 21.9 Å². The fraction of sp³-hybridized carbons (Fsp3) is 0.0667. The summed E-state index contributed by atoms with van der Waals surface area (Å²) in [5.41, 5.74) is 6.43. The maximum Gasteiger partial charge on any atom is 0.0179 e. The lowest BCUT2D eigenvalue weighted by Crippen LogP contribution is -1.97. The zero-order valence-electron chi connectivity index (χ0n) is 9.35. The first-order chi connectivity index (χ1) is 7.86. The molecular formula is C15H14Si. The number of hydrogen-bond donors (Lipinski definition) is 0. The van der Waals surface area contributed by atoms with Gasteiger partial charge >= 0.3 is 0 Å². The molecule has 16 heavy (non-hydrogen) atoms. The van der Waals surface area contributed by atoms with Crippen LogP contribution in [0.15, 0.2) is 54.6 Å². The first-order valence-corrected chi connectivity index (χ1v) is 6.87. The lowest BCUT2D eigenvalue weighted by atomic mass is 10.0. The van der Waals surface area contributed by atoms with Crippen molar-refractivity contribution in [2.24, 2.45) is 0 Å². The summed E-state index contributed by atoms with van der Waals surface area (Å²) >= 11 is 0. The van der Waals surface area contributed by atoms with Crippen LogP contribution >= 0.6 is 0 Å². The Morgan fingerprint density at radius 1 is 0.812 bits per heavy atom. The topological polar surface area (TPSA) is 0 Å². The molecule has 3 rings (SSSR count). The van der Waals surface area contributed by atoms with Crippen molar-refractivity contribution in [3.8, 4) is 0 Å². The van der Waals surface area contributed by atoms with Crippen LogP contribution in [-0.4, -0.2) is 10.2 Å².